The van der Waals surface area contributed by atoms with Crippen molar-refractivity contribution in [2.24, 2.45) is 0 Å². The van der Waals surface area contributed by atoms with Gasteiger partial charge in [0.2, 0.25) is 0 Å². The third kappa shape index (κ3) is 3.56. The Hall–Kier alpha value is -2.86. The zero-order chi connectivity index (χ0) is 23.5. The summed E-state index contributed by atoms with van der Waals surface area (Å²) in [5.74, 6) is -1.37. The Kier molecular flexibility index (Phi) is 5.32. The zero-order valence-electron chi connectivity index (χ0n) is 19.8. The molecule has 1 N–H and O–H groups in total. The second-order valence-corrected chi connectivity index (χ2v) is 9.87. The molecule has 0 saturated carbocycles. The number of nitrogens with zero attached hydrogens (tertiary/aromatic N) is 2. The Bertz CT molecular complexity index is 1210. The molecular formula is C26H31FN2O3. The smallest absolute Gasteiger partial charge is 0.337 e. The molecule has 5 nitrogen and oxygen atoms in total. The largest absolute Gasteiger partial charge is 0.479 e. The van der Waals surface area contributed by atoms with Crippen LogP contribution in [-0.2, 0) is 9.53 Å². The van der Waals surface area contributed by atoms with Gasteiger partial charge in [-0.05, 0) is 76.4 Å². The average Bonchev–Trinajstić information content (AvgIpc) is 3.01. The number of likely N-dealkylation sites (N-methyl/N-ethyl adjacent to an activating group) is 1. The van der Waals surface area contributed by atoms with E-state index in [-0.39, 0.29) is 11.9 Å². The number of aryl methyl sites for hydroxylation is 1. The molecule has 0 fully saturated rings. The maximum atomic E-state index is 13.8. The van der Waals surface area contributed by atoms with Crippen molar-refractivity contribution in [3.63, 3.8) is 0 Å². The summed E-state index contributed by atoms with van der Waals surface area (Å²) in [5, 5.41) is 11.2. The lowest BCUT2D eigenvalue weighted by molar-refractivity contribution is -0.160. The predicted octanol–water partition coefficient (Wildman–Crippen LogP) is 6.02. The van der Waals surface area contributed by atoms with E-state index in [1.807, 2.05) is 34.7 Å². The SMILES string of the molecule is Cc1c(C(OC(C)(C)C)C(=O)O)c(-c2ccc(F)cc2)c2cc(C)n3c2c1N(C)CC3C. The van der Waals surface area contributed by atoms with Gasteiger partial charge in [0, 0.05) is 36.3 Å². The maximum Gasteiger partial charge on any atom is 0.337 e. The van der Waals surface area contributed by atoms with E-state index < -0.39 is 17.7 Å². The van der Waals surface area contributed by atoms with Crippen LogP contribution in [0.5, 0.6) is 0 Å². The first-order chi connectivity index (χ1) is 14.9. The predicted molar refractivity (Wildman–Crippen MR) is 126 cm³/mol. The summed E-state index contributed by atoms with van der Waals surface area (Å²) in [6.45, 7) is 12.6. The van der Waals surface area contributed by atoms with Crippen molar-refractivity contribution in [3.8, 4) is 11.1 Å². The van der Waals surface area contributed by atoms with Crippen LogP contribution in [0.15, 0.2) is 30.3 Å². The fourth-order valence-electron chi connectivity index (χ4n) is 5.17. The molecule has 1 aliphatic heterocycles. The maximum absolute atomic E-state index is 13.8. The highest BCUT2D eigenvalue weighted by molar-refractivity contribution is 6.07. The number of carboxylic acids is 1. The molecule has 2 unspecified atom stereocenters. The van der Waals surface area contributed by atoms with Crippen molar-refractivity contribution >= 4 is 22.6 Å². The van der Waals surface area contributed by atoms with E-state index in [1.54, 1.807) is 12.1 Å². The lowest BCUT2D eigenvalue weighted by Gasteiger charge is -2.36. The van der Waals surface area contributed by atoms with Crippen LogP contribution in [0, 0.1) is 19.7 Å². The van der Waals surface area contributed by atoms with E-state index in [0.717, 1.165) is 45.5 Å². The number of anilines is 1. The molecule has 170 valence electrons. The van der Waals surface area contributed by atoms with Gasteiger partial charge in [-0.15, -0.1) is 0 Å². The van der Waals surface area contributed by atoms with Gasteiger partial charge in [-0.25, -0.2) is 9.18 Å². The normalized spacial score (nSPS) is 17.1. The summed E-state index contributed by atoms with van der Waals surface area (Å²) >= 11 is 0. The molecule has 1 aromatic heterocycles. The van der Waals surface area contributed by atoms with Crippen molar-refractivity contribution in [2.45, 2.75) is 59.3 Å². The van der Waals surface area contributed by atoms with Crippen LogP contribution in [0.25, 0.3) is 22.0 Å². The number of carboxylic acid groups (broad SMARTS) is 1. The average molecular weight is 439 g/mol. The van der Waals surface area contributed by atoms with Gasteiger partial charge in [-0.1, -0.05) is 12.1 Å². The molecule has 2 atom stereocenters. The number of rotatable bonds is 4. The van der Waals surface area contributed by atoms with E-state index in [0.29, 0.717) is 5.56 Å². The van der Waals surface area contributed by atoms with Crippen molar-refractivity contribution in [1.82, 2.24) is 4.57 Å². The summed E-state index contributed by atoms with van der Waals surface area (Å²) in [7, 11) is 2.05. The molecule has 0 bridgehead atoms. The lowest BCUT2D eigenvalue weighted by atomic mass is 9.87. The van der Waals surface area contributed by atoms with E-state index in [4.69, 9.17) is 4.74 Å². The second kappa shape index (κ2) is 7.62. The molecule has 0 saturated heterocycles. The minimum Gasteiger partial charge on any atom is -0.479 e. The molecule has 0 aliphatic carbocycles. The first-order valence-corrected chi connectivity index (χ1v) is 11.0. The Morgan fingerprint density at radius 2 is 1.84 bits per heavy atom. The minimum atomic E-state index is -1.16. The van der Waals surface area contributed by atoms with Crippen LogP contribution in [0.1, 0.15) is 56.7 Å². The van der Waals surface area contributed by atoms with Gasteiger partial charge in [0.25, 0.3) is 0 Å². The number of carbonyl (C=O) groups is 1. The third-order valence-corrected chi connectivity index (χ3v) is 6.20. The Labute approximate surface area is 188 Å². The molecule has 4 rings (SSSR count). The van der Waals surface area contributed by atoms with Crippen LogP contribution in [0.4, 0.5) is 10.1 Å². The number of halogens is 1. The monoisotopic (exact) mass is 438 g/mol. The summed E-state index contributed by atoms with van der Waals surface area (Å²) < 4.78 is 22.2. The Morgan fingerprint density at radius 3 is 2.41 bits per heavy atom. The summed E-state index contributed by atoms with van der Waals surface area (Å²) in [6.07, 6.45) is -1.16. The van der Waals surface area contributed by atoms with Crippen LogP contribution < -0.4 is 4.90 Å². The highest BCUT2D eigenvalue weighted by Crippen LogP contribution is 2.48. The van der Waals surface area contributed by atoms with E-state index in [9.17, 15) is 14.3 Å². The molecule has 32 heavy (non-hydrogen) atoms. The molecule has 2 heterocycles. The zero-order valence-corrected chi connectivity index (χ0v) is 19.8. The van der Waals surface area contributed by atoms with Crippen molar-refractivity contribution in [3.05, 3.63) is 53.0 Å². The lowest BCUT2D eigenvalue weighted by Crippen LogP contribution is -2.33. The first kappa shape index (κ1) is 22.3. The number of aromatic nitrogens is 1. The van der Waals surface area contributed by atoms with E-state index >= 15 is 0 Å². The quantitative estimate of drug-likeness (QED) is 0.541. The summed E-state index contributed by atoms with van der Waals surface area (Å²) in [4.78, 5) is 14.7. The molecule has 1 aliphatic rings. The summed E-state index contributed by atoms with van der Waals surface area (Å²) in [6, 6.07) is 8.66. The van der Waals surface area contributed by atoms with E-state index in [2.05, 4.69) is 29.4 Å². The van der Waals surface area contributed by atoms with Crippen molar-refractivity contribution in [2.75, 3.05) is 18.5 Å². The minimum absolute atomic E-state index is 0.275. The fourth-order valence-corrected chi connectivity index (χ4v) is 5.17. The summed E-state index contributed by atoms with van der Waals surface area (Å²) in [5.41, 5.74) is 5.64. The molecule has 2 aromatic carbocycles. The third-order valence-electron chi connectivity index (χ3n) is 6.20. The standard InChI is InChI=1S/C26H31FN2O3/c1-14-12-19-21(17-8-10-18(27)11-9-17)20(24(25(30)31)32-26(4,5)6)16(3)22-23(19)29(14)15(2)13-28(22)7/h8-12,15,24H,13H2,1-7H3,(H,30,31). The molecule has 0 amide bonds. The molecule has 0 spiro atoms. The highest BCUT2D eigenvalue weighted by Gasteiger charge is 2.36. The second-order valence-electron chi connectivity index (χ2n) is 9.87. The number of hydrogen-bond donors (Lipinski definition) is 1. The van der Waals surface area contributed by atoms with Crippen LogP contribution in [0.2, 0.25) is 0 Å². The van der Waals surface area contributed by atoms with Gasteiger partial charge >= 0.3 is 5.97 Å². The van der Waals surface area contributed by atoms with Crippen LogP contribution >= 0.6 is 0 Å². The van der Waals surface area contributed by atoms with Gasteiger partial charge in [-0.3, -0.25) is 0 Å². The number of hydrogen-bond acceptors (Lipinski definition) is 3. The van der Waals surface area contributed by atoms with Crippen molar-refractivity contribution in [1.29, 1.82) is 0 Å². The van der Waals surface area contributed by atoms with Gasteiger partial charge in [-0.2, -0.15) is 0 Å². The van der Waals surface area contributed by atoms with Gasteiger partial charge in [0.15, 0.2) is 6.10 Å². The van der Waals surface area contributed by atoms with Crippen molar-refractivity contribution < 1.29 is 19.0 Å². The molecule has 0 radical (unpaired) electrons. The molecule has 3 aromatic rings. The highest BCUT2D eigenvalue weighted by atomic mass is 19.1. The van der Waals surface area contributed by atoms with Gasteiger partial charge in [0.1, 0.15) is 5.82 Å². The number of ether oxygens (including phenoxy) is 1. The molecule has 6 heteroatoms. The van der Waals surface area contributed by atoms with Crippen LogP contribution in [0.3, 0.4) is 0 Å². The first-order valence-electron chi connectivity index (χ1n) is 11.0. The Morgan fingerprint density at radius 1 is 1.22 bits per heavy atom. The van der Waals surface area contributed by atoms with Crippen LogP contribution in [-0.4, -0.2) is 34.8 Å². The van der Waals surface area contributed by atoms with Gasteiger partial charge < -0.3 is 19.3 Å². The topological polar surface area (TPSA) is 54.7 Å². The van der Waals surface area contributed by atoms with E-state index in [1.165, 1.54) is 12.1 Å². The Balaban J connectivity index is 2.18. The van der Waals surface area contributed by atoms with Gasteiger partial charge in [0.05, 0.1) is 16.8 Å². The fraction of sp³-hybridized carbons (Fsp3) is 0.423. The molecular weight excluding hydrogens is 407 g/mol. The number of aliphatic carboxylic acids is 1. The number of benzene rings is 2.